The average molecular weight is 401 g/mol. The molecule has 0 unspecified atom stereocenters. The first-order valence-electron chi connectivity index (χ1n) is 9.82. The number of carbonyl (C=O) groups excluding carboxylic acids is 1. The van der Waals surface area contributed by atoms with Crippen molar-refractivity contribution in [2.75, 3.05) is 5.32 Å². The van der Waals surface area contributed by atoms with Crippen LogP contribution < -0.4 is 5.32 Å². The molecule has 2 amide bonds. The van der Waals surface area contributed by atoms with E-state index in [1.165, 1.54) is 18.3 Å². The molecule has 2 atom stereocenters. The highest BCUT2D eigenvalue weighted by atomic mass is 19.1. The van der Waals surface area contributed by atoms with Gasteiger partial charge in [-0.05, 0) is 51.2 Å². The van der Waals surface area contributed by atoms with Crippen molar-refractivity contribution >= 4 is 17.8 Å². The number of aromatic nitrogens is 3. The predicted molar refractivity (Wildman–Crippen MR) is 103 cm³/mol. The highest BCUT2D eigenvalue weighted by Crippen LogP contribution is 2.47. The van der Waals surface area contributed by atoms with E-state index in [1.807, 2.05) is 6.92 Å². The number of pyridine rings is 1. The van der Waals surface area contributed by atoms with Crippen molar-refractivity contribution in [1.82, 2.24) is 20.1 Å². The van der Waals surface area contributed by atoms with Crippen molar-refractivity contribution in [3.63, 3.8) is 0 Å². The lowest BCUT2D eigenvalue weighted by atomic mass is 10.0. The van der Waals surface area contributed by atoms with Crippen molar-refractivity contribution in [2.24, 2.45) is 0 Å². The third-order valence-electron chi connectivity index (χ3n) is 6.00. The van der Waals surface area contributed by atoms with Crippen LogP contribution in [0, 0.1) is 5.82 Å². The van der Waals surface area contributed by atoms with Gasteiger partial charge in [0, 0.05) is 35.5 Å². The van der Waals surface area contributed by atoms with Gasteiger partial charge < -0.3 is 10.4 Å². The molecule has 9 heteroatoms. The summed E-state index contributed by atoms with van der Waals surface area (Å²) in [6.07, 6.45) is 4.65. The van der Waals surface area contributed by atoms with Gasteiger partial charge in [0.15, 0.2) is 5.82 Å². The fraction of sp³-hybridized carbons (Fsp3) is 0.500. The Kier molecular flexibility index (Phi) is 4.97. The minimum Gasteiger partial charge on any atom is -0.465 e. The lowest BCUT2D eigenvalue weighted by Gasteiger charge is -2.32. The molecule has 3 N–H and O–H groups in total. The van der Waals surface area contributed by atoms with E-state index in [9.17, 15) is 19.1 Å². The monoisotopic (exact) mass is 401 g/mol. The number of carboxylic acid groups (broad SMARTS) is 1. The van der Waals surface area contributed by atoms with Gasteiger partial charge in [-0.3, -0.25) is 19.8 Å². The molecule has 0 spiro atoms. The summed E-state index contributed by atoms with van der Waals surface area (Å²) in [6.45, 7) is 2.00. The Hall–Kier alpha value is -2.97. The number of hydrogen-bond donors (Lipinski definition) is 3. The molecule has 2 fully saturated rings. The Bertz CT molecular complexity index is 926. The Balaban J connectivity index is 1.36. The molecule has 2 aromatic rings. The van der Waals surface area contributed by atoms with E-state index in [1.54, 1.807) is 11.0 Å². The fourth-order valence-corrected chi connectivity index (χ4v) is 4.22. The highest BCUT2D eigenvalue weighted by molar-refractivity contribution is 5.91. The van der Waals surface area contributed by atoms with Gasteiger partial charge in [0.05, 0.1) is 12.1 Å². The van der Waals surface area contributed by atoms with Crippen LogP contribution in [0.3, 0.4) is 0 Å². The normalized spacial score (nSPS) is 22.3. The smallest absolute Gasteiger partial charge is 0.408 e. The van der Waals surface area contributed by atoms with Crippen LogP contribution in [0.15, 0.2) is 24.4 Å². The van der Waals surface area contributed by atoms with E-state index in [0.717, 1.165) is 37.8 Å². The van der Waals surface area contributed by atoms with Gasteiger partial charge >= 0.3 is 6.09 Å². The summed E-state index contributed by atoms with van der Waals surface area (Å²) in [5.74, 6) is -0.386. The third kappa shape index (κ3) is 4.08. The van der Waals surface area contributed by atoms with Gasteiger partial charge in [-0.15, -0.1) is 0 Å². The Morgan fingerprint density at radius 1 is 1.41 bits per heavy atom. The van der Waals surface area contributed by atoms with Crippen LogP contribution in [-0.2, 0) is 11.2 Å². The summed E-state index contributed by atoms with van der Waals surface area (Å²) >= 11 is 0. The molecule has 0 bridgehead atoms. The summed E-state index contributed by atoms with van der Waals surface area (Å²) in [4.78, 5) is 29.4. The second kappa shape index (κ2) is 7.46. The standard InChI is InChI=1S/C20H24FN5O3/c1-20(6-7-20)26(19(28)29)13-5-4-12(9-13)15-10-17(25-24-15)23-18(27)11-16-14(21)3-2-8-22-16/h2-3,8,10,12-13H,4-7,9,11H2,1H3,(H,28,29)(H2,23,24,25,27)/t12-,13+/m0/s1. The van der Waals surface area contributed by atoms with Crippen LogP contribution in [0.25, 0.3) is 0 Å². The van der Waals surface area contributed by atoms with Gasteiger partial charge in [0.25, 0.3) is 0 Å². The number of nitrogens with zero attached hydrogens (tertiary/aromatic N) is 3. The van der Waals surface area contributed by atoms with Gasteiger partial charge in [-0.25, -0.2) is 9.18 Å². The molecule has 0 aliphatic heterocycles. The number of rotatable bonds is 6. The van der Waals surface area contributed by atoms with E-state index in [0.29, 0.717) is 5.82 Å². The minimum absolute atomic E-state index is 0.00142. The molecule has 2 saturated carbocycles. The summed E-state index contributed by atoms with van der Waals surface area (Å²) < 4.78 is 13.6. The highest BCUT2D eigenvalue weighted by Gasteiger charge is 2.50. The van der Waals surface area contributed by atoms with Crippen LogP contribution in [0.2, 0.25) is 0 Å². The van der Waals surface area contributed by atoms with Gasteiger partial charge in [0.1, 0.15) is 5.82 Å². The van der Waals surface area contributed by atoms with E-state index < -0.39 is 17.8 Å². The van der Waals surface area contributed by atoms with Crippen LogP contribution >= 0.6 is 0 Å². The van der Waals surface area contributed by atoms with Crippen molar-refractivity contribution in [3.05, 3.63) is 41.6 Å². The maximum absolute atomic E-state index is 13.6. The number of anilines is 1. The van der Waals surface area contributed by atoms with Gasteiger partial charge in [-0.2, -0.15) is 5.10 Å². The Morgan fingerprint density at radius 2 is 2.21 bits per heavy atom. The van der Waals surface area contributed by atoms with Crippen LogP contribution in [0.5, 0.6) is 0 Å². The van der Waals surface area contributed by atoms with Gasteiger partial charge in [-0.1, -0.05) is 0 Å². The molecular weight excluding hydrogens is 377 g/mol. The second-order valence-electron chi connectivity index (χ2n) is 8.18. The molecule has 0 aromatic carbocycles. The van der Waals surface area contributed by atoms with Crippen molar-refractivity contribution in [1.29, 1.82) is 0 Å². The quantitative estimate of drug-likeness (QED) is 0.688. The van der Waals surface area contributed by atoms with Crippen molar-refractivity contribution < 1.29 is 19.1 Å². The molecule has 2 aromatic heterocycles. The topological polar surface area (TPSA) is 111 Å². The molecule has 154 valence electrons. The predicted octanol–water partition coefficient (Wildman–Crippen LogP) is 3.29. The van der Waals surface area contributed by atoms with Crippen molar-refractivity contribution in [2.45, 2.75) is 62.9 Å². The number of aromatic amines is 1. The van der Waals surface area contributed by atoms with Crippen LogP contribution in [0.4, 0.5) is 15.0 Å². The molecule has 8 nitrogen and oxygen atoms in total. The largest absolute Gasteiger partial charge is 0.465 e. The number of carbonyl (C=O) groups is 2. The average Bonchev–Trinajstić information content (AvgIpc) is 3.07. The van der Waals surface area contributed by atoms with Crippen LogP contribution in [-0.4, -0.2) is 48.8 Å². The van der Waals surface area contributed by atoms with Crippen molar-refractivity contribution in [3.8, 4) is 0 Å². The first kappa shape index (κ1) is 19.4. The van der Waals surface area contributed by atoms with E-state index in [4.69, 9.17) is 0 Å². The number of nitrogens with one attached hydrogen (secondary N) is 2. The maximum atomic E-state index is 13.6. The molecule has 0 saturated heterocycles. The zero-order valence-corrected chi connectivity index (χ0v) is 16.2. The summed E-state index contributed by atoms with van der Waals surface area (Å²) in [5.41, 5.74) is 0.735. The van der Waals surface area contributed by atoms with Gasteiger partial charge in [0.2, 0.25) is 5.91 Å². The second-order valence-corrected chi connectivity index (χ2v) is 8.18. The molecule has 2 aliphatic rings. The zero-order chi connectivity index (χ0) is 20.6. The lowest BCUT2D eigenvalue weighted by Crippen LogP contribution is -2.45. The third-order valence-corrected chi connectivity index (χ3v) is 6.00. The zero-order valence-electron chi connectivity index (χ0n) is 16.2. The Labute approximate surface area is 167 Å². The van der Waals surface area contributed by atoms with E-state index >= 15 is 0 Å². The molecule has 29 heavy (non-hydrogen) atoms. The number of amides is 2. The number of halogens is 1. The molecular formula is C20H24FN5O3. The molecule has 4 rings (SSSR count). The summed E-state index contributed by atoms with van der Waals surface area (Å²) in [7, 11) is 0. The first-order valence-corrected chi connectivity index (χ1v) is 9.82. The molecule has 2 heterocycles. The minimum atomic E-state index is -0.852. The first-order chi connectivity index (χ1) is 13.9. The maximum Gasteiger partial charge on any atom is 0.408 e. The molecule has 2 aliphatic carbocycles. The number of H-pyrrole nitrogens is 1. The summed E-state index contributed by atoms with van der Waals surface area (Å²) in [5, 5.41) is 19.4. The summed E-state index contributed by atoms with van der Waals surface area (Å²) in [6, 6.07) is 4.50. The fourth-order valence-electron chi connectivity index (χ4n) is 4.22. The van der Waals surface area contributed by atoms with E-state index in [-0.39, 0.29) is 29.6 Å². The lowest BCUT2D eigenvalue weighted by molar-refractivity contribution is -0.115. The number of hydrogen-bond acceptors (Lipinski definition) is 4. The SMILES string of the molecule is CC1(N(C(=O)O)[C@@H]2CC[C@H](c3cc(NC(=O)Cc4ncccc4F)n[nH]3)C2)CC1. The Morgan fingerprint density at radius 3 is 2.90 bits per heavy atom. The van der Waals surface area contributed by atoms with E-state index in [2.05, 4.69) is 20.5 Å². The molecule has 0 radical (unpaired) electrons. The van der Waals surface area contributed by atoms with Crippen LogP contribution in [0.1, 0.15) is 56.3 Å².